The first-order valence-corrected chi connectivity index (χ1v) is 11.4. The second-order valence-electron chi connectivity index (χ2n) is 7.42. The van der Waals surface area contributed by atoms with Gasteiger partial charge < -0.3 is 15.5 Å². The number of hydrogen-bond donors (Lipinski definition) is 3. The van der Waals surface area contributed by atoms with Gasteiger partial charge in [0.15, 0.2) is 5.11 Å². The van der Waals surface area contributed by atoms with Gasteiger partial charge in [0.2, 0.25) is 11.8 Å². The zero-order valence-corrected chi connectivity index (χ0v) is 19.0. The molecule has 0 aromatic carbocycles. The number of nitrogens with zero attached hydrogens (tertiary/aromatic N) is 2. The summed E-state index contributed by atoms with van der Waals surface area (Å²) >= 11 is 12.9. The predicted molar refractivity (Wildman–Crippen MR) is 122 cm³/mol. The molecule has 4 rings (SSSR count). The lowest BCUT2D eigenvalue weighted by atomic mass is 10.1. The number of hydrogen-bond acceptors (Lipinski definition) is 6. The van der Waals surface area contributed by atoms with E-state index in [1.807, 2.05) is 18.4 Å². The van der Waals surface area contributed by atoms with E-state index in [0.29, 0.717) is 54.0 Å². The molecular formula is C20H20ClN5O3S2. The van der Waals surface area contributed by atoms with E-state index in [-0.39, 0.29) is 11.8 Å². The highest BCUT2D eigenvalue weighted by molar-refractivity contribution is 7.80. The summed E-state index contributed by atoms with van der Waals surface area (Å²) in [6.07, 6.45) is 1.35. The van der Waals surface area contributed by atoms with Gasteiger partial charge in [-0.25, -0.2) is 4.98 Å². The zero-order chi connectivity index (χ0) is 22.1. The predicted octanol–water partition coefficient (Wildman–Crippen LogP) is 2.74. The summed E-state index contributed by atoms with van der Waals surface area (Å²) in [5.74, 6) is -0.325. The first kappa shape index (κ1) is 21.7. The van der Waals surface area contributed by atoms with Crippen LogP contribution in [0.1, 0.15) is 45.6 Å². The van der Waals surface area contributed by atoms with Crippen LogP contribution in [0.15, 0.2) is 17.5 Å². The van der Waals surface area contributed by atoms with E-state index in [1.165, 1.54) is 11.3 Å². The summed E-state index contributed by atoms with van der Waals surface area (Å²) in [5.41, 5.74) is 2.38. The number of aromatic nitrogens is 1. The molecule has 4 heterocycles. The smallest absolute Gasteiger partial charge is 0.256 e. The van der Waals surface area contributed by atoms with Crippen LogP contribution in [0.3, 0.4) is 0 Å². The number of imide groups is 1. The van der Waals surface area contributed by atoms with Crippen LogP contribution >= 0.6 is 35.2 Å². The maximum absolute atomic E-state index is 12.9. The van der Waals surface area contributed by atoms with Crippen LogP contribution in [0.4, 0.5) is 5.82 Å². The molecule has 0 radical (unpaired) electrons. The minimum atomic E-state index is -0.628. The normalized spacial score (nSPS) is 18.5. The number of thiophene rings is 1. The minimum absolute atomic E-state index is 0.175. The van der Waals surface area contributed by atoms with E-state index in [4.69, 9.17) is 23.8 Å². The van der Waals surface area contributed by atoms with Crippen molar-refractivity contribution < 1.29 is 14.4 Å². The standard InChI is InChI=1S/C20H20ClN5O3S2/c1-10-5-6-15(23-17(10)21)24-20(30)22-7-14-11-8-26(19(29)12(11)9-31-14)13-3-2-4-16(27)25-18(13)28/h5-6,9,13H,2-4,7-8H2,1H3,(H,25,27,28)(H2,22,23,24,30). The zero-order valence-electron chi connectivity index (χ0n) is 16.7. The molecule has 2 aromatic rings. The van der Waals surface area contributed by atoms with Gasteiger partial charge in [-0.3, -0.25) is 19.7 Å². The molecule has 0 spiro atoms. The largest absolute Gasteiger partial charge is 0.358 e. The van der Waals surface area contributed by atoms with Gasteiger partial charge in [0.05, 0.1) is 12.1 Å². The van der Waals surface area contributed by atoms with Crippen LogP contribution in [-0.2, 0) is 22.7 Å². The van der Waals surface area contributed by atoms with Gasteiger partial charge >= 0.3 is 0 Å². The third kappa shape index (κ3) is 4.56. The molecule has 1 atom stereocenters. The van der Waals surface area contributed by atoms with Crippen molar-refractivity contribution in [3.8, 4) is 0 Å². The maximum Gasteiger partial charge on any atom is 0.256 e. The number of nitrogens with one attached hydrogen (secondary N) is 3. The third-order valence-electron chi connectivity index (χ3n) is 5.31. The molecule has 1 fully saturated rings. The molecule has 1 saturated heterocycles. The number of carbonyl (C=O) groups is 3. The number of anilines is 1. The van der Waals surface area contributed by atoms with Crippen LogP contribution in [0.5, 0.6) is 0 Å². The highest BCUT2D eigenvalue weighted by atomic mass is 35.5. The lowest BCUT2D eigenvalue weighted by molar-refractivity contribution is -0.132. The molecule has 2 aliphatic rings. The summed E-state index contributed by atoms with van der Waals surface area (Å²) in [5, 5.41) is 11.1. The third-order valence-corrected chi connectivity index (χ3v) is 6.97. The molecule has 11 heteroatoms. The van der Waals surface area contributed by atoms with Crippen molar-refractivity contribution in [1.82, 2.24) is 20.5 Å². The molecule has 0 saturated carbocycles. The average Bonchev–Trinajstić information content (AvgIpc) is 3.21. The lowest BCUT2D eigenvalue weighted by Gasteiger charge is -2.25. The van der Waals surface area contributed by atoms with Gasteiger partial charge in [0.25, 0.3) is 5.91 Å². The Morgan fingerprint density at radius 3 is 2.97 bits per heavy atom. The summed E-state index contributed by atoms with van der Waals surface area (Å²) in [6, 6.07) is 3.01. The number of thiocarbonyl (C=S) groups is 1. The van der Waals surface area contributed by atoms with Crippen LogP contribution in [0.25, 0.3) is 0 Å². The minimum Gasteiger partial charge on any atom is -0.358 e. The number of aryl methyl sites for hydroxylation is 1. The van der Waals surface area contributed by atoms with Gasteiger partial charge in [-0.15, -0.1) is 11.3 Å². The Balaban J connectivity index is 1.40. The van der Waals surface area contributed by atoms with Gasteiger partial charge in [0.1, 0.15) is 17.0 Å². The number of rotatable bonds is 4. The molecular weight excluding hydrogens is 458 g/mol. The van der Waals surface area contributed by atoms with Crippen LogP contribution in [0, 0.1) is 6.92 Å². The van der Waals surface area contributed by atoms with Crippen molar-refractivity contribution in [3.05, 3.63) is 44.2 Å². The summed E-state index contributed by atoms with van der Waals surface area (Å²) in [6.45, 7) is 2.65. The van der Waals surface area contributed by atoms with Crippen molar-refractivity contribution >= 4 is 63.8 Å². The fourth-order valence-corrected chi connectivity index (χ4v) is 4.94. The number of pyridine rings is 1. The van der Waals surface area contributed by atoms with Gasteiger partial charge in [-0.1, -0.05) is 17.7 Å². The van der Waals surface area contributed by atoms with Gasteiger partial charge in [-0.05, 0) is 49.2 Å². The molecule has 0 bridgehead atoms. The maximum atomic E-state index is 12.9. The molecule has 31 heavy (non-hydrogen) atoms. The van der Waals surface area contributed by atoms with Crippen LogP contribution < -0.4 is 16.0 Å². The van der Waals surface area contributed by atoms with E-state index in [0.717, 1.165) is 16.0 Å². The Kier molecular flexibility index (Phi) is 6.22. The number of halogens is 1. The highest BCUT2D eigenvalue weighted by Gasteiger charge is 2.39. The van der Waals surface area contributed by atoms with E-state index in [1.54, 1.807) is 11.0 Å². The second-order valence-corrected chi connectivity index (χ2v) is 9.15. The Morgan fingerprint density at radius 2 is 2.19 bits per heavy atom. The molecule has 3 N–H and O–H groups in total. The summed E-state index contributed by atoms with van der Waals surface area (Å²) in [7, 11) is 0. The van der Waals surface area contributed by atoms with Crippen molar-refractivity contribution in [2.45, 2.75) is 45.3 Å². The molecule has 2 aromatic heterocycles. The average molecular weight is 478 g/mol. The first-order chi connectivity index (χ1) is 14.8. The second kappa shape index (κ2) is 8.89. The lowest BCUT2D eigenvalue weighted by Crippen LogP contribution is -2.47. The first-order valence-electron chi connectivity index (χ1n) is 9.75. The fraction of sp³-hybridized carbons (Fsp3) is 0.350. The van der Waals surface area contributed by atoms with Crippen molar-refractivity contribution in [2.24, 2.45) is 0 Å². The molecule has 0 aliphatic carbocycles. The number of carbonyl (C=O) groups excluding carboxylic acids is 3. The Hall–Kier alpha value is -2.56. The molecule has 162 valence electrons. The number of fused-ring (bicyclic) bond motifs is 1. The van der Waals surface area contributed by atoms with E-state index in [9.17, 15) is 14.4 Å². The van der Waals surface area contributed by atoms with E-state index in [2.05, 4.69) is 20.9 Å². The van der Waals surface area contributed by atoms with Crippen molar-refractivity contribution in [3.63, 3.8) is 0 Å². The molecule has 8 nitrogen and oxygen atoms in total. The topological polar surface area (TPSA) is 103 Å². The van der Waals surface area contributed by atoms with Gasteiger partial charge in [0, 0.05) is 23.2 Å². The highest BCUT2D eigenvalue weighted by Crippen LogP contribution is 2.33. The summed E-state index contributed by atoms with van der Waals surface area (Å²) in [4.78, 5) is 43.6. The Bertz CT molecular complexity index is 1090. The monoisotopic (exact) mass is 477 g/mol. The van der Waals surface area contributed by atoms with Crippen molar-refractivity contribution in [2.75, 3.05) is 5.32 Å². The Labute approximate surface area is 193 Å². The number of amides is 3. The molecule has 3 amide bonds. The van der Waals surface area contributed by atoms with E-state index >= 15 is 0 Å². The molecule has 2 aliphatic heterocycles. The Morgan fingerprint density at radius 1 is 1.39 bits per heavy atom. The fourth-order valence-electron chi connectivity index (χ4n) is 3.63. The SMILES string of the molecule is Cc1ccc(NC(=S)NCc2scc3c2CN(C2CCCC(=O)NC2=O)C3=O)nc1Cl. The van der Waals surface area contributed by atoms with E-state index < -0.39 is 11.9 Å². The van der Waals surface area contributed by atoms with Crippen LogP contribution in [0.2, 0.25) is 5.15 Å². The van der Waals surface area contributed by atoms with Crippen molar-refractivity contribution in [1.29, 1.82) is 0 Å². The van der Waals surface area contributed by atoms with Crippen LogP contribution in [-0.4, -0.2) is 38.8 Å². The quantitative estimate of drug-likeness (QED) is 0.353. The molecule has 1 unspecified atom stereocenters. The van der Waals surface area contributed by atoms with Gasteiger partial charge in [-0.2, -0.15) is 0 Å². The summed E-state index contributed by atoms with van der Waals surface area (Å²) < 4.78 is 0.